The number of amides is 1. The Morgan fingerprint density at radius 2 is 2.04 bits per heavy atom. The minimum Gasteiger partial charge on any atom is -0.336 e. The van der Waals surface area contributed by atoms with E-state index < -0.39 is 0 Å². The zero-order valence-electron chi connectivity index (χ0n) is 16.1. The lowest BCUT2D eigenvalue weighted by Crippen LogP contribution is -2.37. The van der Waals surface area contributed by atoms with Crippen LogP contribution in [0.4, 0.5) is 0 Å². The van der Waals surface area contributed by atoms with Gasteiger partial charge in [0.25, 0.3) is 5.91 Å². The van der Waals surface area contributed by atoms with E-state index in [1.807, 2.05) is 19.1 Å². The highest BCUT2D eigenvalue weighted by Crippen LogP contribution is 2.31. The smallest absolute Gasteiger partial charge is 0.254 e. The van der Waals surface area contributed by atoms with E-state index in [0.29, 0.717) is 6.04 Å². The number of aryl methyl sites for hydroxylation is 1. The van der Waals surface area contributed by atoms with Crippen LogP contribution in [0.2, 0.25) is 0 Å². The first-order valence-corrected chi connectivity index (χ1v) is 11.1. The molecule has 26 heavy (non-hydrogen) atoms. The molecule has 1 atom stereocenters. The number of benzene rings is 1. The molecule has 1 aromatic heterocycles. The molecule has 5 heteroatoms. The minimum absolute atomic E-state index is 0.184. The standard InChI is InChI=1S/C21H28N2OS2/c1-15-22-17(13-25-15)14-26-19-9-7-16(8-10-19)20(24)23-11-5-6-18(23)12-21(2,3)4/h7-10,13,18H,5-6,11-12,14H2,1-4H3. The van der Waals surface area contributed by atoms with Gasteiger partial charge in [-0.15, -0.1) is 23.1 Å². The summed E-state index contributed by atoms with van der Waals surface area (Å²) in [7, 11) is 0. The third-order valence-corrected chi connectivity index (χ3v) is 6.51. The van der Waals surface area contributed by atoms with E-state index in [-0.39, 0.29) is 11.3 Å². The van der Waals surface area contributed by atoms with Crippen molar-refractivity contribution < 1.29 is 4.79 Å². The number of likely N-dealkylation sites (tertiary alicyclic amines) is 1. The van der Waals surface area contributed by atoms with E-state index in [0.717, 1.165) is 47.8 Å². The highest BCUT2D eigenvalue weighted by atomic mass is 32.2. The van der Waals surface area contributed by atoms with Gasteiger partial charge in [-0.25, -0.2) is 4.98 Å². The van der Waals surface area contributed by atoms with Crippen molar-refractivity contribution in [1.29, 1.82) is 0 Å². The van der Waals surface area contributed by atoms with Gasteiger partial charge in [0.1, 0.15) is 0 Å². The topological polar surface area (TPSA) is 33.2 Å². The number of thiazole rings is 1. The molecule has 1 aliphatic heterocycles. The maximum absolute atomic E-state index is 12.9. The van der Waals surface area contributed by atoms with E-state index in [4.69, 9.17) is 0 Å². The predicted octanol–water partition coefficient (Wildman–Crippen LogP) is 5.78. The third-order valence-electron chi connectivity index (χ3n) is 4.64. The number of hydrogen-bond donors (Lipinski definition) is 0. The van der Waals surface area contributed by atoms with Crippen LogP contribution in [-0.2, 0) is 5.75 Å². The minimum atomic E-state index is 0.184. The van der Waals surface area contributed by atoms with Crippen LogP contribution in [-0.4, -0.2) is 28.4 Å². The Morgan fingerprint density at radius 1 is 1.31 bits per heavy atom. The van der Waals surface area contributed by atoms with Crippen molar-refractivity contribution in [2.24, 2.45) is 5.41 Å². The lowest BCUT2D eigenvalue weighted by molar-refractivity contribution is 0.0704. The second-order valence-electron chi connectivity index (χ2n) is 8.23. The quantitative estimate of drug-likeness (QED) is 0.608. The monoisotopic (exact) mass is 388 g/mol. The molecule has 0 N–H and O–H groups in total. The Labute approximate surface area is 165 Å². The lowest BCUT2D eigenvalue weighted by Gasteiger charge is -2.30. The fraction of sp³-hybridized carbons (Fsp3) is 0.524. The molecule has 3 rings (SSSR count). The van der Waals surface area contributed by atoms with Gasteiger partial charge in [0.15, 0.2) is 0 Å². The van der Waals surface area contributed by atoms with Gasteiger partial charge >= 0.3 is 0 Å². The predicted molar refractivity (Wildman–Crippen MR) is 111 cm³/mol. The Hall–Kier alpha value is -1.33. The van der Waals surface area contributed by atoms with Gasteiger partial charge in [-0.1, -0.05) is 20.8 Å². The number of thioether (sulfide) groups is 1. The molecular formula is C21H28N2OS2. The molecule has 0 saturated carbocycles. The van der Waals surface area contributed by atoms with Crippen molar-refractivity contribution in [2.75, 3.05) is 6.54 Å². The molecule has 0 aliphatic carbocycles. The maximum atomic E-state index is 12.9. The van der Waals surface area contributed by atoms with Crippen molar-refractivity contribution in [3.8, 4) is 0 Å². The van der Waals surface area contributed by atoms with Crippen LogP contribution in [0.3, 0.4) is 0 Å². The molecule has 2 heterocycles. The number of nitrogens with zero attached hydrogens (tertiary/aromatic N) is 2. The lowest BCUT2D eigenvalue weighted by atomic mass is 9.87. The van der Waals surface area contributed by atoms with Gasteiger partial charge in [-0.05, 0) is 55.9 Å². The number of carbonyl (C=O) groups excluding carboxylic acids is 1. The molecule has 3 nitrogen and oxygen atoms in total. The molecule has 0 bridgehead atoms. The highest BCUT2D eigenvalue weighted by molar-refractivity contribution is 7.98. The second-order valence-corrected chi connectivity index (χ2v) is 10.3. The molecular weight excluding hydrogens is 360 g/mol. The van der Waals surface area contributed by atoms with Gasteiger partial charge < -0.3 is 4.90 Å². The fourth-order valence-corrected chi connectivity index (χ4v) is 5.02. The SMILES string of the molecule is Cc1nc(CSc2ccc(C(=O)N3CCCC3CC(C)(C)C)cc2)cs1. The molecule has 2 aromatic rings. The van der Waals surface area contributed by atoms with Crippen LogP contribution in [0.15, 0.2) is 34.5 Å². The molecule has 0 spiro atoms. The van der Waals surface area contributed by atoms with Crippen LogP contribution in [0.5, 0.6) is 0 Å². The first-order chi connectivity index (χ1) is 12.3. The number of hydrogen-bond acceptors (Lipinski definition) is 4. The Balaban J connectivity index is 1.61. The Kier molecular flexibility index (Phi) is 6.08. The average Bonchev–Trinajstić information content (AvgIpc) is 3.20. The van der Waals surface area contributed by atoms with E-state index in [1.54, 1.807) is 23.1 Å². The van der Waals surface area contributed by atoms with Crippen molar-refractivity contribution in [2.45, 2.75) is 63.6 Å². The molecule has 1 aromatic carbocycles. The number of aromatic nitrogens is 1. The molecule has 1 aliphatic rings. The summed E-state index contributed by atoms with van der Waals surface area (Å²) in [4.78, 5) is 20.7. The largest absolute Gasteiger partial charge is 0.336 e. The van der Waals surface area contributed by atoms with Crippen molar-refractivity contribution >= 4 is 29.0 Å². The van der Waals surface area contributed by atoms with Crippen LogP contribution < -0.4 is 0 Å². The average molecular weight is 389 g/mol. The van der Waals surface area contributed by atoms with Gasteiger partial charge in [0, 0.05) is 34.2 Å². The number of rotatable bonds is 5. The van der Waals surface area contributed by atoms with E-state index >= 15 is 0 Å². The van der Waals surface area contributed by atoms with Crippen molar-refractivity contribution in [3.63, 3.8) is 0 Å². The summed E-state index contributed by atoms with van der Waals surface area (Å²) < 4.78 is 0. The highest BCUT2D eigenvalue weighted by Gasteiger charge is 2.32. The molecule has 140 valence electrons. The van der Waals surface area contributed by atoms with Gasteiger partial charge in [0.05, 0.1) is 10.7 Å². The first kappa shape index (κ1) is 19.4. The van der Waals surface area contributed by atoms with E-state index in [2.05, 4.69) is 48.2 Å². The van der Waals surface area contributed by atoms with E-state index in [1.165, 1.54) is 4.90 Å². The zero-order valence-corrected chi connectivity index (χ0v) is 17.8. The molecule has 0 radical (unpaired) electrons. The normalized spacial score (nSPS) is 17.7. The summed E-state index contributed by atoms with van der Waals surface area (Å²) in [5, 5.41) is 3.22. The van der Waals surface area contributed by atoms with Crippen LogP contribution in [0.1, 0.15) is 61.1 Å². The molecule has 1 amide bonds. The fourth-order valence-electron chi connectivity index (χ4n) is 3.51. The van der Waals surface area contributed by atoms with Crippen LogP contribution in [0.25, 0.3) is 0 Å². The van der Waals surface area contributed by atoms with Crippen molar-refractivity contribution in [3.05, 3.63) is 45.9 Å². The third kappa shape index (κ3) is 5.10. The Bertz CT molecular complexity index is 746. The summed E-state index contributed by atoms with van der Waals surface area (Å²) in [5.41, 5.74) is 2.18. The summed E-state index contributed by atoms with van der Waals surface area (Å²) >= 11 is 3.46. The molecule has 1 fully saturated rings. The Morgan fingerprint density at radius 3 is 2.65 bits per heavy atom. The van der Waals surface area contributed by atoms with E-state index in [9.17, 15) is 4.79 Å². The zero-order chi connectivity index (χ0) is 18.7. The van der Waals surface area contributed by atoms with Crippen LogP contribution in [0, 0.1) is 12.3 Å². The van der Waals surface area contributed by atoms with Crippen LogP contribution >= 0.6 is 23.1 Å². The summed E-state index contributed by atoms with van der Waals surface area (Å²) in [5.74, 6) is 1.06. The number of carbonyl (C=O) groups is 1. The first-order valence-electron chi connectivity index (χ1n) is 9.27. The van der Waals surface area contributed by atoms with Crippen molar-refractivity contribution in [1.82, 2.24) is 9.88 Å². The second kappa shape index (κ2) is 8.13. The van der Waals surface area contributed by atoms with Gasteiger partial charge in [-0.2, -0.15) is 0 Å². The molecule has 1 saturated heterocycles. The summed E-state index contributed by atoms with van der Waals surface area (Å²) in [6.07, 6.45) is 3.32. The van der Waals surface area contributed by atoms with Gasteiger partial charge in [0.2, 0.25) is 0 Å². The summed E-state index contributed by atoms with van der Waals surface area (Å²) in [6, 6.07) is 8.45. The summed E-state index contributed by atoms with van der Waals surface area (Å²) in [6.45, 7) is 9.68. The molecule has 1 unspecified atom stereocenters. The maximum Gasteiger partial charge on any atom is 0.254 e. The van der Waals surface area contributed by atoms with Gasteiger partial charge in [-0.3, -0.25) is 4.79 Å².